The van der Waals surface area contributed by atoms with Crippen LogP contribution in [0.5, 0.6) is 0 Å². The summed E-state index contributed by atoms with van der Waals surface area (Å²) in [4.78, 5) is 17.7. The van der Waals surface area contributed by atoms with Crippen LogP contribution < -0.4 is 10.2 Å². The van der Waals surface area contributed by atoms with Gasteiger partial charge in [-0.1, -0.05) is 30.3 Å². The summed E-state index contributed by atoms with van der Waals surface area (Å²) in [5, 5.41) is 5.46. The molecule has 1 N–H and O–H groups in total. The summed E-state index contributed by atoms with van der Waals surface area (Å²) in [5.41, 5.74) is 0.766. The Morgan fingerprint density at radius 3 is 2.60 bits per heavy atom. The molecule has 1 aliphatic heterocycles. The fourth-order valence-electron chi connectivity index (χ4n) is 5.59. The molecule has 0 spiro atoms. The lowest BCUT2D eigenvalue weighted by molar-refractivity contribution is 0.0894. The molecule has 2 aromatic carbocycles. The lowest BCUT2D eigenvalue weighted by Gasteiger charge is -2.36. The summed E-state index contributed by atoms with van der Waals surface area (Å²) in [5.74, 6) is 2.25. The number of nitrogens with zero attached hydrogens (tertiary/aromatic N) is 3. The third-order valence-corrected chi connectivity index (χ3v) is 8.53. The van der Waals surface area contributed by atoms with Gasteiger partial charge < -0.3 is 14.6 Å². The summed E-state index contributed by atoms with van der Waals surface area (Å²) in [7, 11) is 0. The molecule has 2 fully saturated rings. The zero-order chi connectivity index (χ0) is 23.6. The number of nitrogens with one attached hydrogen (secondary N) is 1. The zero-order valence-corrected chi connectivity index (χ0v) is 20.8. The minimum absolute atomic E-state index is 0.0876. The maximum Gasteiger partial charge on any atom is 0.287 e. The van der Waals surface area contributed by atoms with Crippen molar-refractivity contribution in [1.29, 1.82) is 0 Å². The van der Waals surface area contributed by atoms with Gasteiger partial charge in [0.2, 0.25) is 0 Å². The van der Waals surface area contributed by atoms with Crippen LogP contribution in [0.15, 0.2) is 59.0 Å². The van der Waals surface area contributed by atoms with Crippen LogP contribution in [-0.4, -0.2) is 53.9 Å². The maximum absolute atomic E-state index is 12.7. The molecule has 0 radical (unpaired) electrons. The van der Waals surface area contributed by atoms with E-state index < -0.39 is 0 Å². The average Bonchev–Trinajstić information content (AvgIpc) is 3.53. The summed E-state index contributed by atoms with van der Waals surface area (Å²) in [6, 6.07) is 18.4. The van der Waals surface area contributed by atoms with Gasteiger partial charge in [0.1, 0.15) is 11.4 Å². The molecule has 1 aliphatic carbocycles. The Balaban J connectivity index is 0.930. The highest BCUT2D eigenvalue weighted by Crippen LogP contribution is 2.31. The van der Waals surface area contributed by atoms with E-state index in [1.165, 1.54) is 35.9 Å². The monoisotopic (exact) mass is 488 g/mol. The standard InChI is InChI=1S/C28H32N4O2S/c33-28(25-19-21-5-1-3-7-24(21)34-25)29-22-11-9-20(10-12-22)13-14-31-15-17-32(18-16-31)27-23-6-2-4-8-26(23)35-30-27/h1-8,19-20,22H,9-18H2,(H,29,33). The van der Waals surface area contributed by atoms with E-state index in [0.29, 0.717) is 5.76 Å². The SMILES string of the molecule is O=C(NC1CCC(CCN2CCN(c3nsc4ccccc34)CC2)CC1)c1cc2ccccc2o1. The second-order valence-corrected chi connectivity index (χ2v) is 10.8. The molecule has 7 heteroatoms. The smallest absolute Gasteiger partial charge is 0.287 e. The molecule has 0 atom stereocenters. The van der Waals surface area contributed by atoms with Crippen molar-refractivity contribution in [2.24, 2.45) is 5.92 Å². The van der Waals surface area contributed by atoms with Crippen molar-refractivity contribution >= 4 is 44.3 Å². The lowest BCUT2D eigenvalue weighted by atomic mass is 9.84. The number of hydrogen-bond acceptors (Lipinski definition) is 6. The van der Waals surface area contributed by atoms with Gasteiger partial charge >= 0.3 is 0 Å². The zero-order valence-electron chi connectivity index (χ0n) is 20.0. The van der Waals surface area contributed by atoms with Gasteiger partial charge in [0.15, 0.2) is 5.76 Å². The van der Waals surface area contributed by atoms with Gasteiger partial charge in [-0.2, -0.15) is 4.37 Å². The van der Waals surface area contributed by atoms with Crippen LogP contribution >= 0.6 is 11.5 Å². The molecule has 1 saturated carbocycles. The Labute approximate surface area is 210 Å². The molecule has 35 heavy (non-hydrogen) atoms. The number of hydrogen-bond donors (Lipinski definition) is 1. The summed E-state index contributed by atoms with van der Waals surface area (Å²) in [6.45, 7) is 5.48. The van der Waals surface area contributed by atoms with Crippen LogP contribution in [0, 0.1) is 5.92 Å². The van der Waals surface area contributed by atoms with Crippen molar-refractivity contribution in [2.45, 2.75) is 38.1 Å². The molecule has 0 unspecified atom stereocenters. The fraction of sp³-hybridized carbons (Fsp3) is 0.429. The predicted molar refractivity (Wildman–Crippen MR) is 142 cm³/mol. The number of para-hydroxylation sites is 1. The third-order valence-electron chi connectivity index (χ3n) is 7.72. The Morgan fingerprint density at radius 2 is 1.77 bits per heavy atom. The quantitative estimate of drug-likeness (QED) is 0.386. The first-order chi connectivity index (χ1) is 17.2. The molecule has 2 aromatic heterocycles. The van der Waals surface area contributed by atoms with Crippen LogP contribution in [0.3, 0.4) is 0 Å². The summed E-state index contributed by atoms with van der Waals surface area (Å²) < 4.78 is 11.7. The molecule has 0 bridgehead atoms. The third kappa shape index (κ3) is 4.93. The first kappa shape index (κ1) is 22.6. The first-order valence-electron chi connectivity index (χ1n) is 12.8. The molecule has 3 heterocycles. The Hall–Kier alpha value is -2.90. The van der Waals surface area contributed by atoms with Crippen molar-refractivity contribution in [2.75, 3.05) is 37.6 Å². The van der Waals surface area contributed by atoms with E-state index in [0.717, 1.165) is 61.7 Å². The van der Waals surface area contributed by atoms with E-state index in [1.54, 1.807) is 11.5 Å². The number of benzene rings is 2. The van der Waals surface area contributed by atoms with Crippen LogP contribution in [0.1, 0.15) is 42.7 Å². The van der Waals surface area contributed by atoms with Crippen LogP contribution in [-0.2, 0) is 0 Å². The van der Waals surface area contributed by atoms with E-state index in [4.69, 9.17) is 8.79 Å². The number of anilines is 1. The second kappa shape index (κ2) is 9.99. The minimum Gasteiger partial charge on any atom is -0.451 e. The molecule has 182 valence electrons. The normalized spacial score (nSPS) is 21.5. The number of fused-ring (bicyclic) bond motifs is 2. The van der Waals surface area contributed by atoms with Crippen molar-refractivity contribution in [3.05, 3.63) is 60.4 Å². The number of furan rings is 1. The average molecular weight is 489 g/mol. The Kier molecular flexibility index (Phi) is 6.44. The highest BCUT2D eigenvalue weighted by molar-refractivity contribution is 7.13. The summed E-state index contributed by atoms with van der Waals surface area (Å²) in [6.07, 6.45) is 5.75. The molecule has 6 rings (SSSR count). The fourth-order valence-corrected chi connectivity index (χ4v) is 6.39. The van der Waals surface area contributed by atoms with Crippen molar-refractivity contribution in [1.82, 2.24) is 14.6 Å². The molecule has 1 saturated heterocycles. The number of aromatic nitrogens is 1. The molecule has 2 aliphatic rings. The van der Waals surface area contributed by atoms with Gasteiger partial charge in [-0.25, -0.2) is 0 Å². The minimum atomic E-state index is -0.0876. The number of rotatable bonds is 6. The Bertz CT molecular complexity index is 1270. The van der Waals surface area contributed by atoms with E-state index in [-0.39, 0.29) is 11.9 Å². The van der Waals surface area contributed by atoms with Crippen molar-refractivity contribution in [3.8, 4) is 0 Å². The highest BCUT2D eigenvalue weighted by Gasteiger charge is 2.26. The van der Waals surface area contributed by atoms with Crippen LogP contribution in [0.4, 0.5) is 5.82 Å². The van der Waals surface area contributed by atoms with E-state index in [9.17, 15) is 4.79 Å². The van der Waals surface area contributed by atoms with Crippen LogP contribution in [0.25, 0.3) is 21.1 Å². The van der Waals surface area contributed by atoms with Gasteiger partial charge in [0.25, 0.3) is 5.91 Å². The van der Waals surface area contributed by atoms with Crippen LogP contribution in [0.2, 0.25) is 0 Å². The maximum atomic E-state index is 12.7. The van der Waals surface area contributed by atoms with E-state index >= 15 is 0 Å². The number of piperazine rings is 1. The number of amides is 1. The molecule has 1 amide bonds. The van der Waals surface area contributed by atoms with E-state index in [1.807, 2.05) is 30.3 Å². The van der Waals surface area contributed by atoms with Gasteiger partial charge in [-0.3, -0.25) is 9.69 Å². The van der Waals surface area contributed by atoms with Gasteiger partial charge in [0.05, 0.1) is 4.70 Å². The number of carbonyl (C=O) groups excluding carboxylic acids is 1. The lowest BCUT2D eigenvalue weighted by Crippen LogP contribution is -2.47. The number of carbonyl (C=O) groups is 1. The molecular weight excluding hydrogens is 456 g/mol. The largest absolute Gasteiger partial charge is 0.451 e. The van der Waals surface area contributed by atoms with Gasteiger partial charge in [0, 0.05) is 43.0 Å². The topological polar surface area (TPSA) is 61.6 Å². The first-order valence-corrected chi connectivity index (χ1v) is 13.6. The highest BCUT2D eigenvalue weighted by atomic mass is 32.1. The van der Waals surface area contributed by atoms with Crippen molar-refractivity contribution < 1.29 is 9.21 Å². The Morgan fingerprint density at radius 1 is 1.00 bits per heavy atom. The predicted octanol–water partition coefficient (Wildman–Crippen LogP) is 5.54. The van der Waals surface area contributed by atoms with Gasteiger partial charge in [-0.05, 0) is 80.4 Å². The van der Waals surface area contributed by atoms with Gasteiger partial charge in [-0.15, -0.1) is 0 Å². The van der Waals surface area contributed by atoms with Crippen molar-refractivity contribution in [3.63, 3.8) is 0 Å². The molecular formula is C28H32N4O2S. The molecule has 4 aromatic rings. The second-order valence-electron chi connectivity index (χ2n) is 9.96. The summed E-state index contributed by atoms with van der Waals surface area (Å²) >= 11 is 1.60. The molecule has 6 nitrogen and oxygen atoms in total. The van der Waals surface area contributed by atoms with E-state index in [2.05, 4.69) is 39.4 Å².